The topological polar surface area (TPSA) is 66.0 Å². The molecule has 2 aromatic rings. The summed E-state index contributed by atoms with van der Waals surface area (Å²) in [5.74, 6) is -0.154. The molecule has 3 N–H and O–H groups in total. The summed E-state index contributed by atoms with van der Waals surface area (Å²) in [5.41, 5.74) is 9.19. The Morgan fingerprint density at radius 1 is 1.32 bits per heavy atom. The van der Waals surface area contributed by atoms with Crippen molar-refractivity contribution in [1.29, 1.82) is 0 Å². The highest BCUT2D eigenvalue weighted by molar-refractivity contribution is 6.01. The van der Waals surface area contributed by atoms with Gasteiger partial charge in [0.15, 0.2) is 0 Å². The predicted octanol–water partition coefficient (Wildman–Crippen LogP) is 2.27. The number of carbonyl (C=O) groups excluding carboxylic acids is 1. The minimum atomic E-state index is -0.154. The predicted molar refractivity (Wildman–Crippen MR) is 86.8 cm³/mol. The maximum atomic E-state index is 12.0. The van der Waals surface area contributed by atoms with E-state index in [1.807, 2.05) is 30.3 Å². The molecule has 1 fully saturated rings. The van der Waals surface area contributed by atoms with Crippen molar-refractivity contribution in [3.8, 4) is 0 Å². The highest BCUT2D eigenvalue weighted by atomic mass is 16.1. The zero-order chi connectivity index (χ0) is 15.2. The molecule has 2 heterocycles. The van der Waals surface area contributed by atoms with Gasteiger partial charge >= 0.3 is 0 Å². The lowest BCUT2D eigenvalue weighted by Crippen LogP contribution is -2.24. The minimum Gasteiger partial charge on any atom is -0.323 e. The summed E-state index contributed by atoms with van der Waals surface area (Å²) in [6.45, 7) is 0.953. The molecule has 0 radical (unpaired) electrons. The van der Waals surface area contributed by atoms with Crippen LogP contribution >= 0.6 is 0 Å². The van der Waals surface area contributed by atoms with Gasteiger partial charge in [-0.1, -0.05) is 18.2 Å². The second kappa shape index (κ2) is 6.98. The summed E-state index contributed by atoms with van der Waals surface area (Å²) in [7, 11) is 0. The van der Waals surface area contributed by atoms with E-state index in [1.165, 1.54) is 11.6 Å². The number of aromatic nitrogens is 1. The maximum absolute atomic E-state index is 12.0. The fourth-order valence-electron chi connectivity index (χ4n) is 2.40. The lowest BCUT2D eigenvalue weighted by Gasteiger charge is -2.11. The SMILES string of the molecule is O=C(/C=C/c1cccnc1)Nc1cccc(C2CCNN2)c1. The quantitative estimate of drug-likeness (QED) is 0.757. The second-order valence-electron chi connectivity index (χ2n) is 5.15. The van der Waals surface area contributed by atoms with Crippen LogP contribution in [0.2, 0.25) is 0 Å². The second-order valence-corrected chi connectivity index (χ2v) is 5.15. The van der Waals surface area contributed by atoms with E-state index >= 15 is 0 Å². The molecule has 1 aromatic heterocycles. The standard InChI is InChI=1S/C17H18N4O/c22-17(7-6-13-3-2-9-18-12-13)20-15-5-1-4-14(11-15)16-8-10-19-21-16/h1-7,9,11-12,16,19,21H,8,10H2,(H,20,22)/b7-6+. The molecule has 0 spiro atoms. The van der Waals surface area contributed by atoms with Crippen LogP contribution in [0, 0.1) is 0 Å². The van der Waals surface area contributed by atoms with Crippen LogP contribution in [0.25, 0.3) is 6.08 Å². The average molecular weight is 294 g/mol. The molecule has 0 saturated carbocycles. The van der Waals surface area contributed by atoms with Gasteiger partial charge in [0.05, 0.1) is 0 Å². The van der Waals surface area contributed by atoms with Gasteiger partial charge in [0, 0.05) is 36.7 Å². The van der Waals surface area contributed by atoms with Gasteiger partial charge in [-0.25, -0.2) is 0 Å². The molecule has 22 heavy (non-hydrogen) atoms. The molecule has 1 amide bonds. The van der Waals surface area contributed by atoms with E-state index < -0.39 is 0 Å². The molecular weight excluding hydrogens is 276 g/mol. The van der Waals surface area contributed by atoms with Crippen molar-refractivity contribution in [2.75, 3.05) is 11.9 Å². The lowest BCUT2D eigenvalue weighted by molar-refractivity contribution is -0.111. The zero-order valence-corrected chi connectivity index (χ0v) is 12.1. The Kier molecular flexibility index (Phi) is 4.58. The number of benzene rings is 1. The number of hydrogen-bond acceptors (Lipinski definition) is 4. The third kappa shape index (κ3) is 3.78. The first-order valence-corrected chi connectivity index (χ1v) is 7.29. The van der Waals surface area contributed by atoms with Crippen LogP contribution in [0.1, 0.15) is 23.6 Å². The molecule has 0 aliphatic carbocycles. The number of nitrogens with one attached hydrogen (secondary N) is 3. The van der Waals surface area contributed by atoms with Gasteiger partial charge < -0.3 is 5.32 Å². The molecule has 1 atom stereocenters. The first-order valence-electron chi connectivity index (χ1n) is 7.29. The Morgan fingerprint density at radius 3 is 3.05 bits per heavy atom. The highest BCUT2D eigenvalue weighted by Crippen LogP contribution is 2.21. The molecule has 5 heteroatoms. The number of anilines is 1. The van der Waals surface area contributed by atoms with E-state index in [0.29, 0.717) is 6.04 Å². The average Bonchev–Trinajstić information content (AvgIpc) is 3.09. The summed E-state index contributed by atoms with van der Waals surface area (Å²) in [5, 5.41) is 2.88. The molecule has 0 bridgehead atoms. The number of hydrazine groups is 1. The number of hydrogen-bond donors (Lipinski definition) is 3. The molecule has 5 nitrogen and oxygen atoms in total. The smallest absolute Gasteiger partial charge is 0.248 e. The molecule has 1 unspecified atom stereocenters. The van der Waals surface area contributed by atoms with Crippen LogP contribution < -0.4 is 16.2 Å². The van der Waals surface area contributed by atoms with E-state index in [-0.39, 0.29) is 5.91 Å². The molecule has 1 aliphatic heterocycles. The fraction of sp³-hybridized carbons (Fsp3) is 0.176. The summed E-state index contributed by atoms with van der Waals surface area (Å²) >= 11 is 0. The van der Waals surface area contributed by atoms with E-state index in [1.54, 1.807) is 18.5 Å². The first kappa shape index (κ1) is 14.4. The van der Waals surface area contributed by atoms with Crippen molar-refractivity contribution in [2.45, 2.75) is 12.5 Å². The number of amides is 1. The number of rotatable bonds is 4. The molecule has 1 aromatic carbocycles. The third-order valence-corrected chi connectivity index (χ3v) is 3.50. The Bertz CT molecular complexity index is 663. The van der Waals surface area contributed by atoms with Crippen molar-refractivity contribution in [3.05, 3.63) is 66.0 Å². The zero-order valence-electron chi connectivity index (χ0n) is 12.1. The van der Waals surface area contributed by atoms with Crippen molar-refractivity contribution >= 4 is 17.7 Å². The van der Waals surface area contributed by atoms with Gasteiger partial charge in [0.1, 0.15) is 0 Å². The van der Waals surface area contributed by atoms with E-state index in [0.717, 1.165) is 24.2 Å². The van der Waals surface area contributed by atoms with Crippen LogP contribution in [0.3, 0.4) is 0 Å². The monoisotopic (exact) mass is 294 g/mol. The van der Waals surface area contributed by atoms with Crippen LogP contribution in [-0.4, -0.2) is 17.4 Å². The number of carbonyl (C=O) groups is 1. The largest absolute Gasteiger partial charge is 0.323 e. The van der Waals surface area contributed by atoms with E-state index in [9.17, 15) is 4.79 Å². The Balaban J connectivity index is 1.64. The normalized spacial score (nSPS) is 17.7. The Labute approximate surface area is 129 Å². The van der Waals surface area contributed by atoms with Gasteiger partial charge in [-0.3, -0.25) is 20.6 Å². The number of pyridine rings is 1. The van der Waals surface area contributed by atoms with Crippen LogP contribution in [0.4, 0.5) is 5.69 Å². The third-order valence-electron chi connectivity index (χ3n) is 3.50. The van der Waals surface area contributed by atoms with Crippen LogP contribution in [0.15, 0.2) is 54.9 Å². The Hall–Kier alpha value is -2.50. The van der Waals surface area contributed by atoms with Gasteiger partial charge in [-0.2, -0.15) is 0 Å². The Morgan fingerprint density at radius 2 is 2.27 bits per heavy atom. The van der Waals surface area contributed by atoms with E-state index in [2.05, 4.69) is 27.2 Å². The van der Waals surface area contributed by atoms with Gasteiger partial charge in [0.25, 0.3) is 0 Å². The molecular formula is C17H18N4O. The van der Waals surface area contributed by atoms with Crippen LogP contribution in [-0.2, 0) is 4.79 Å². The summed E-state index contributed by atoms with van der Waals surface area (Å²) in [6.07, 6.45) is 7.71. The molecule has 112 valence electrons. The summed E-state index contributed by atoms with van der Waals surface area (Å²) in [4.78, 5) is 16.0. The van der Waals surface area contributed by atoms with E-state index in [4.69, 9.17) is 0 Å². The summed E-state index contributed by atoms with van der Waals surface area (Å²) in [6, 6.07) is 11.9. The maximum Gasteiger partial charge on any atom is 0.248 e. The van der Waals surface area contributed by atoms with Crippen molar-refractivity contribution in [2.24, 2.45) is 0 Å². The molecule has 1 aliphatic rings. The lowest BCUT2D eigenvalue weighted by atomic mass is 10.0. The van der Waals surface area contributed by atoms with Crippen LogP contribution in [0.5, 0.6) is 0 Å². The molecule has 3 rings (SSSR count). The van der Waals surface area contributed by atoms with Gasteiger partial charge in [-0.15, -0.1) is 0 Å². The highest BCUT2D eigenvalue weighted by Gasteiger charge is 2.15. The van der Waals surface area contributed by atoms with Crippen molar-refractivity contribution in [1.82, 2.24) is 15.8 Å². The number of nitrogens with zero attached hydrogens (tertiary/aromatic N) is 1. The minimum absolute atomic E-state index is 0.154. The molecule has 1 saturated heterocycles. The fourth-order valence-corrected chi connectivity index (χ4v) is 2.40. The summed E-state index contributed by atoms with van der Waals surface area (Å²) < 4.78 is 0. The van der Waals surface area contributed by atoms with Crippen molar-refractivity contribution < 1.29 is 4.79 Å². The van der Waals surface area contributed by atoms with Gasteiger partial charge in [0.2, 0.25) is 5.91 Å². The van der Waals surface area contributed by atoms with Crippen molar-refractivity contribution in [3.63, 3.8) is 0 Å². The van der Waals surface area contributed by atoms with Gasteiger partial charge in [-0.05, 0) is 41.8 Å². The first-order chi connectivity index (χ1) is 10.8.